The third-order valence-electron chi connectivity index (χ3n) is 3.95. The molecule has 4 rings (SSSR count). The molecule has 0 unspecified atom stereocenters. The molecule has 0 saturated carbocycles. The first-order chi connectivity index (χ1) is 12.2. The minimum Gasteiger partial charge on any atom is -0.493 e. The first-order valence-electron chi connectivity index (χ1n) is 7.68. The van der Waals surface area contributed by atoms with Gasteiger partial charge in [0.1, 0.15) is 13.2 Å². The van der Waals surface area contributed by atoms with Crippen LogP contribution in [0.4, 0.5) is 0 Å². The summed E-state index contributed by atoms with van der Waals surface area (Å²) in [4.78, 5) is 24.6. The molecule has 0 aliphatic carbocycles. The van der Waals surface area contributed by atoms with Crippen molar-refractivity contribution >= 4 is 18.0 Å². The number of carbonyl (C=O) groups is 2. The minimum absolute atomic E-state index is 0.351. The number of ether oxygens (including phenoxy) is 3. The van der Waals surface area contributed by atoms with E-state index >= 15 is 0 Å². The molecule has 126 valence electrons. The maximum Gasteiger partial charge on any atom is 0.282 e. The van der Waals surface area contributed by atoms with Crippen molar-refractivity contribution in [2.75, 3.05) is 20.3 Å². The maximum atomic E-state index is 12.3. The fourth-order valence-corrected chi connectivity index (χ4v) is 2.77. The van der Waals surface area contributed by atoms with Crippen LogP contribution < -0.4 is 14.2 Å². The number of carbonyl (C=O) groups excluding carboxylic acids is 2. The number of benzene rings is 2. The molecule has 2 aromatic rings. The second-order valence-electron chi connectivity index (χ2n) is 5.46. The Morgan fingerprint density at radius 3 is 2.44 bits per heavy atom. The van der Waals surface area contributed by atoms with Gasteiger partial charge in [-0.3, -0.25) is 9.59 Å². The molecule has 0 atom stereocenters. The summed E-state index contributed by atoms with van der Waals surface area (Å²) in [5.74, 6) is 0.685. The highest BCUT2D eigenvalue weighted by Gasteiger charge is 2.35. The zero-order valence-electron chi connectivity index (χ0n) is 13.4. The van der Waals surface area contributed by atoms with Crippen LogP contribution in [0, 0.1) is 0 Å². The lowest BCUT2D eigenvalue weighted by Gasteiger charge is -2.20. The molecule has 7 nitrogen and oxygen atoms in total. The van der Waals surface area contributed by atoms with Crippen molar-refractivity contribution in [3.05, 3.63) is 53.1 Å². The Labute approximate surface area is 143 Å². The maximum absolute atomic E-state index is 12.3. The van der Waals surface area contributed by atoms with Gasteiger partial charge < -0.3 is 14.2 Å². The fourth-order valence-electron chi connectivity index (χ4n) is 2.77. The second-order valence-corrected chi connectivity index (χ2v) is 5.46. The summed E-state index contributed by atoms with van der Waals surface area (Å²) in [5.41, 5.74) is 1.33. The molecule has 0 spiro atoms. The highest BCUT2D eigenvalue weighted by atomic mass is 16.6. The van der Waals surface area contributed by atoms with E-state index in [9.17, 15) is 9.59 Å². The van der Waals surface area contributed by atoms with E-state index in [-0.39, 0.29) is 0 Å². The van der Waals surface area contributed by atoms with Crippen LogP contribution in [-0.2, 0) is 0 Å². The van der Waals surface area contributed by atoms with E-state index in [1.165, 1.54) is 13.3 Å². The van der Waals surface area contributed by atoms with Gasteiger partial charge in [-0.05, 0) is 24.3 Å². The number of methoxy groups -OCH3 is 1. The molecule has 0 fully saturated rings. The van der Waals surface area contributed by atoms with Crippen molar-refractivity contribution in [2.24, 2.45) is 5.10 Å². The molecule has 0 aromatic heterocycles. The van der Waals surface area contributed by atoms with Crippen molar-refractivity contribution in [1.82, 2.24) is 5.01 Å². The van der Waals surface area contributed by atoms with Crippen LogP contribution in [0.15, 0.2) is 41.5 Å². The average Bonchev–Trinajstić information content (AvgIpc) is 2.90. The Morgan fingerprint density at radius 1 is 1.08 bits per heavy atom. The number of imide groups is 1. The van der Waals surface area contributed by atoms with E-state index in [4.69, 9.17) is 14.2 Å². The molecule has 0 radical (unpaired) electrons. The van der Waals surface area contributed by atoms with Crippen molar-refractivity contribution in [2.45, 2.75) is 0 Å². The number of rotatable bonds is 3. The Hall–Kier alpha value is -3.35. The lowest BCUT2D eigenvalue weighted by atomic mass is 10.1. The number of fused-ring (bicyclic) bond motifs is 2. The summed E-state index contributed by atoms with van der Waals surface area (Å²) < 4.78 is 16.4. The number of hydrogen-bond acceptors (Lipinski definition) is 6. The smallest absolute Gasteiger partial charge is 0.282 e. The van der Waals surface area contributed by atoms with E-state index < -0.39 is 11.8 Å². The number of hydrazone groups is 1. The summed E-state index contributed by atoms with van der Waals surface area (Å²) in [7, 11) is 1.53. The first-order valence-corrected chi connectivity index (χ1v) is 7.68. The molecule has 2 aromatic carbocycles. The summed E-state index contributed by atoms with van der Waals surface area (Å²) >= 11 is 0. The molecule has 2 amide bonds. The zero-order chi connectivity index (χ0) is 17.4. The summed E-state index contributed by atoms with van der Waals surface area (Å²) in [6.45, 7) is 0.890. The molecule has 0 bridgehead atoms. The molecule has 0 saturated heterocycles. The average molecular weight is 338 g/mol. The fraction of sp³-hybridized carbons (Fsp3) is 0.167. The van der Waals surface area contributed by atoms with Crippen LogP contribution in [0.25, 0.3) is 0 Å². The van der Waals surface area contributed by atoms with E-state index in [1.54, 1.807) is 36.4 Å². The van der Waals surface area contributed by atoms with Crippen LogP contribution in [0.3, 0.4) is 0 Å². The molecular formula is C18H14N2O5. The monoisotopic (exact) mass is 338 g/mol. The molecule has 2 aliphatic rings. The molecular weight excluding hydrogens is 324 g/mol. The van der Waals surface area contributed by atoms with Gasteiger partial charge in [-0.2, -0.15) is 10.1 Å². The van der Waals surface area contributed by atoms with Crippen LogP contribution in [0.1, 0.15) is 26.3 Å². The largest absolute Gasteiger partial charge is 0.493 e. The number of amides is 2. The highest BCUT2D eigenvalue weighted by Crippen LogP contribution is 2.40. The van der Waals surface area contributed by atoms with Gasteiger partial charge in [0.2, 0.25) is 5.75 Å². The van der Waals surface area contributed by atoms with Gasteiger partial charge in [-0.15, -0.1) is 0 Å². The summed E-state index contributed by atoms with van der Waals surface area (Å²) in [6.07, 6.45) is 1.42. The summed E-state index contributed by atoms with van der Waals surface area (Å²) in [5, 5.41) is 4.91. The quantitative estimate of drug-likeness (QED) is 0.633. The predicted molar refractivity (Wildman–Crippen MR) is 88.5 cm³/mol. The molecule has 25 heavy (non-hydrogen) atoms. The van der Waals surface area contributed by atoms with Gasteiger partial charge in [0.15, 0.2) is 11.5 Å². The SMILES string of the molecule is COc1cc(/C=N\N2C(=O)c3ccccc3C2=O)cc2c1OCCO2. The predicted octanol–water partition coefficient (Wildman–Crippen LogP) is 2.10. The van der Waals surface area contributed by atoms with Crippen LogP contribution in [0.2, 0.25) is 0 Å². The van der Waals surface area contributed by atoms with Crippen LogP contribution in [-0.4, -0.2) is 43.4 Å². The Balaban J connectivity index is 1.65. The van der Waals surface area contributed by atoms with Crippen molar-refractivity contribution < 1.29 is 23.8 Å². The summed E-state index contributed by atoms with van der Waals surface area (Å²) in [6, 6.07) is 10.1. The van der Waals surface area contributed by atoms with Crippen molar-refractivity contribution in [3.8, 4) is 17.2 Å². The third-order valence-corrected chi connectivity index (χ3v) is 3.95. The van der Waals surface area contributed by atoms with E-state index in [0.29, 0.717) is 47.2 Å². The first kappa shape index (κ1) is 15.2. The van der Waals surface area contributed by atoms with Gasteiger partial charge in [-0.1, -0.05) is 12.1 Å². The van der Waals surface area contributed by atoms with Gasteiger partial charge >= 0.3 is 0 Å². The van der Waals surface area contributed by atoms with E-state index in [2.05, 4.69) is 5.10 Å². The Morgan fingerprint density at radius 2 is 1.76 bits per heavy atom. The highest BCUT2D eigenvalue weighted by molar-refractivity contribution is 6.21. The molecule has 2 heterocycles. The number of hydrogen-bond donors (Lipinski definition) is 0. The zero-order valence-corrected chi connectivity index (χ0v) is 13.4. The van der Waals surface area contributed by atoms with Crippen molar-refractivity contribution in [1.29, 1.82) is 0 Å². The van der Waals surface area contributed by atoms with Crippen LogP contribution >= 0.6 is 0 Å². The van der Waals surface area contributed by atoms with E-state index in [0.717, 1.165) is 5.01 Å². The lowest BCUT2D eigenvalue weighted by molar-refractivity contribution is 0.0660. The normalized spacial score (nSPS) is 15.6. The third kappa shape index (κ3) is 2.50. The van der Waals surface area contributed by atoms with Gasteiger partial charge in [-0.25, -0.2) is 0 Å². The van der Waals surface area contributed by atoms with Crippen molar-refractivity contribution in [3.63, 3.8) is 0 Å². The Bertz CT molecular complexity index is 854. The second kappa shape index (κ2) is 5.94. The Kier molecular flexibility index (Phi) is 3.61. The van der Waals surface area contributed by atoms with E-state index in [1.807, 2.05) is 0 Å². The van der Waals surface area contributed by atoms with Gasteiger partial charge in [0.05, 0.1) is 24.5 Å². The topological polar surface area (TPSA) is 77.4 Å². The molecule has 7 heteroatoms. The standard InChI is InChI=1S/C18H14N2O5/c1-23-14-8-11(9-15-16(14)25-7-6-24-15)10-19-20-17(21)12-4-2-3-5-13(12)18(20)22/h2-5,8-10H,6-7H2,1H3/b19-10-. The van der Waals surface area contributed by atoms with Gasteiger partial charge in [0, 0.05) is 5.56 Å². The minimum atomic E-state index is -0.443. The molecule has 2 aliphatic heterocycles. The van der Waals surface area contributed by atoms with Gasteiger partial charge in [0.25, 0.3) is 11.8 Å². The molecule has 0 N–H and O–H groups in total. The van der Waals surface area contributed by atoms with Crippen LogP contribution in [0.5, 0.6) is 17.2 Å². The lowest BCUT2D eigenvalue weighted by Crippen LogP contribution is -2.24. The number of nitrogens with zero attached hydrogens (tertiary/aromatic N) is 2.